The van der Waals surface area contributed by atoms with Gasteiger partial charge in [-0.1, -0.05) is 30.3 Å². The number of rotatable bonds is 2. The fourth-order valence-corrected chi connectivity index (χ4v) is 4.36. The number of nitrogens with zero attached hydrogens (tertiary/aromatic N) is 3. The van der Waals surface area contributed by atoms with E-state index in [1.807, 2.05) is 42.5 Å². The van der Waals surface area contributed by atoms with Gasteiger partial charge in [-0.15, -0.1) is 0 Å². The Balaban J connectivity index is 1.90. The van der Waals surface area contributed by atoms with E-state index >= 15 is 0 Å². The quantitative estimate of drug-likeness (QED) is 0.377. The molecule has 0 spiro atoms. The van der Waals surface area contributed by atoms with Gasteiger partial charge < -0.3 is 4.42 Å². The Kier molecular flexibility index (Phi) is 3.44. The molecule has 3 heterocycles. The number of aromatic nitrogens is 3. The van der Waals surface area contributed by atoms with Crippen LogP contribution in [0.2, 0.25) is 0 Å². The smallest absolute Gasteiger partial charge is 0.249 e. The predicted octanol–water partition coefficient (Wildman–Crippen LogP) is 4.46. The van der Waals surface area contributed by atoms with Gasteiger partial charge in [0.1, 0.15) is 11.2 Å². The molecule has 0 saturated heterocycles. The summed E-state index contributed by atoms with van der Waals surface area (Å²) in [5.41, 5.74) is 3.30. The second-order valence-electron chi connectivity index (χ2n) is 6.27. The minimum Gasteiger partial charge on any atom is -0.455 e. The van der Waals surface area contributed by atoms with Crippen molar-refractivity contribution in [3.63, 3.8) is 0 Å². The normalized spacial score (nSPS) is 12.4. The lowest BCUT2D eigenvalue weighted by Gasteiger charge is -2.07. The van der Waals surface area contributed by atoms with E-state index in [-0.39, 0.29) is 5.16 Å². The molecule has 0 aliphatic heterocycles. The zero-order valence-corrected chi connectivity index (χ0v) is 16.5. The molecule has 0 aliphatic rings. The fourth-order valence-electron chi connectivity index (χ4n) is 3.26. The molecule has 0 radical (unpaired) electrons. The zero-order valence-electron chi connectivity index (χ0n) is 14.0. The molecule has 0 amide bonds. The standard InChI is InChI=1S/C19H12BrN3O3S/c1-27(24,25)19-22-15(9-16-14(20)10-21-23(16)19)13-7-4-6-12-11-5-2-3-8-17(11)26-18(12)13/h2-10H,1H3. The van der Waals surface area contributed by atoms with Crippen molar-refractivity contribution in [1.29, 1.82) is 0 Å². The maximum absolute atomic E-state index is 12.3. The van der Waals surface area contributed by atoms with Crippen molar-refractivity contribution in [3.8, 4) is 11.3 Å². The lowest BCUT2D eigenvalue weighted by molar-refractivity contribution is 0.585. The number of para-hydroxylation sites is 2. The second-order valence-corrected chi connectivity index (χ2v) is 9.03. The average molecular weight is 442 g/mol. The van der Waals surface area contributed by atoms with E-state index in [2.05, 4.69) is 26.0 Å². The van der Waals surface area contributed by atoms with Crippen LogP contribution in [0.25, 0.3) is 38.7 Å². The Morgan fingerprint density at radius 2 is 1.85 bits per heavy atom. The van der Waals surface area contributed by atoms with Crippen LogP contribution >= 0.6 is 15.9 Å². The van der Waals surface area contributed by atoms with E-state index in [4.69, 9.17) is 4.42 Å². The molecule has 0 fully saturated rings. The maximum Gasteiger partial charge on any atom is 0.249 e. The van der Waals surface area contributed by atoms with Gasteiger partial charge in [-0.05, 0) is 34.1 Å². The fraction of sp³-hybridized carbons (Fsp3) is 0.0526. The summed E-state index contributed by atoms with van der Waals surface area (Å²) in [5, 5.41) is 5.97. The second kappa shape index (κ2) is 5.64. The number of sulfone groups is 1. The monoisotopic (exact) mass is 441 g/mol. The number of benzene rings is 2. The van der Waals surface area contributed by atoms with Crippen LogP contribution in [0.5, 0.6) is 0 Å². The van der Waals surface area contributed by atoms with Crippen molar-refractivity contribution in [2.24, 2.45) is 0 Å². The zero-order chi connectivity index (χ0) is 18.8. The Bertz CT molecular complexity index is 1470. The van der Waals surface area contributed by atoms with Crippen LogP contribution in [-0.4, -0.2) is 29.3 Å². The third kappa shape index (κ3) is 2.48. The van der Waals surface area contributed by atoms with Crippen LogP contribution in [0.1, 0.15) is 0 Å². The van der Waals surface area contributed by atoms with Gasteiger partial charge >= 0.3 is 0 Å². The molecule has 0 saturated carbocycles. The highest BCUT2D eigenvalue weighted by molar-refractivity contribution is 9.10. The number of hydrogen-bond donors (Lipinski definition) is 0. The number of furan rings is 1. The molecule has 0 aliphatic carbocycles. The van der Waals surface area contributed by atoms with Crippen LogP contribution in [0.3, 0.4) is 0 Å². The SMILES string of the molecule is CS(=O)(=O)c1nc(-c2cccc3c2oc2ccccc23)cc2c(Br)cnn12. The van der Waals surface area contributed by atoms with Crippen LogP contribution in [0.15, 0.2) is 68.8 Å². The summed E-state index contributed by atoms with van der Waals surface area (Å²) in [4.78, 5) is 4.41. The topological polar surface area (TPSA) is 77.5 Å². The highest BCUT2D eigenvalue weighted by atomic mass is 79.9. The summed E-state index contributed by atoms with van der Waals surface area (Å²) in [6, 6.07) is 15.3. The molecule has 0 atom stereocenters. The maximum atomic E-state index is 12.3. The largest absolute Gasteiger partial charge is 0.455 e. The number of halogens is 1. The van der Waals surface area contributed by atoms with Crippen molar-refractivity contribution >= 4 is 53.2 Å². The minimum atomic E-state index is -3.59. The van der Waals surface area contributed by atoms with Gasteiger partial charge in [0, 0.05) is 22.6 Å². The van der Waals surface area contributed by atoms with E-state index in [0.29, 0.717) is 21.3 Å². The van der Waals surface area contributed by atoms with Crippen molar-refractivity contribution in [2.45, 2.75) is 5.16 Å². The van der Waals surface area contributed by atoms with Crippen molar-refractivity contribution in [2.75, 3.05) is 6.26 Å². The van der Waals surface area contributed by atoms with Gasteiger partial charge in [-0.3, -0.25) is 0 Å². The summed E-state index contributed by atoms with van der Waals surface area (Å²) in [6.45, 7) is 0. The Labute approximate surface area is 162 Å². The summed E-state index contributed by atoms with van der Waals surface area (Å²) >= 11 is 3.42. The molecule has 6 nitrogen and oxygen atoms in total. The molecular weight excluding hydrogens is 430 g/mol. The van der Waals surface area contributed by atoms with E-state index in [9.17, 15) is 8.42 Å². The third-order valence-electron chi connectivity index (χ3n) is 4.44. The lowest BCUT2D eigenvalue weighted by Crippen LogP contribution is -2.10. The molecule has 3 aromatic heterocycles. The van der Waals surface area contributed by atoms with Crippen molar-refractivity contribution in [1.82, 2.24) is 14.6 Å². The minimum absolute atomic E-state index is 0.117. The van der Waals surface area contributed by atoms with E-state index in [1.165, 1.54) is 4.52 Å². The molecule has 5 aromatic rings. The van der Waals surface area contributed by atoms with Crippen LogP contribution in [-0.2, 0) is 9.84 Å². The highest BCUT2D eigenvalue weighted by Gasteiger charge is 2.21. The van der Waals surface area contributed by atoms with Gasteiger partial charge in [0.15, 0.2) is 0 Å². The Morgan fingerprint density at radius 1 is 1.07 bits per heavy atom. The lowest BCUT2D eigenvalue weighted by atomic mass is 10.1. The van der Waals surface area contributed by atoms with Gasteiger partial charge in [-0.25, -0.2) is 17.9 Å². The molecule has 0 unspecified atom stereocenters. The molecule has 134 valence electrons. The van der Waals surface area contributed by atoms with E-state index < -0.39 is 9.84 Å². The van der Waals surface area contributed by atoms with Gasteiger partial charge in [0.25, 0.3) is 0 Å². The molecule has 0 bridgehead atoms. The highest BCUT2D eigenvalue weighted by Crippen LogP contribution is 2.36. The molecule has 0 N–H and O–H groups in total. The van der Waals surface area contributed by atoms with Crippen LogP contribution in [0, 0.1) is 0 Å². The summed E-state index contributed by atoms with van der Waals surface area (Å²) in [7, 11) is -3.59. The van der Waals surface area contributed by atoms with Gasteiger partial charge in [0.2, 0.25) is 15.0 Å². The third-order valence-corrected chi connectivity index (χ3v) is 5.98. The van der Waals surface area contributed by atoms with Crippen molar-refractivity contribution < 1.29 is 12.8 Å². The molecule has 8 heteroatoms. The summed E-state index contributed by atoms with van der Waals surface area (Å²) in [6.07, 6.45) is 2.67. The first kappa shape index (κ1) is 16.5. The van der Waals surface area contributed by atoms with Gasteiger partial charge in [-0.2, -0.15) is 5.10 Å². The van der Waals surface area contributed by atoms with Crippen LogP contribution in [0.4, 0.5) is 0 Å². The first-order valence-electron chi connectivity index (χ1n) is 8.08. The first-order chi connectivity index (χ1) is 12.9. The molecule has 5 rings (SSSR count). The van der Waals surface area contributed by atoms with Crippen LogP contribution < -0.4 is 0 Å². The summed E-state index contributed by atoms with van der Waals surface area (Å²) < 4.78 is 32.6. The molecule has 27 heavy (non-hydrogen) atoms. The molecule has 2 aromatic carbocycles. The molecular formula is C19H12BrN3O3S. The Hall–Kier alpha value is -2.71. The average Bonchev–Trinajstić information content (AvgIpc) is 3.21. The number of hydrogen-bond acceptors (Lipinski definition) is 5. The number of fused-ring (bicyclic) bond motifs is 4. The van der Waals surface area contributed by atoms with E-state index in [1.54, 1.807) is 12.3 Å². The van der Waals surface area contributed by atoms with Crippen molar-refractivity contribution in [3.05, 3.63) is 59.2 Å². The summed E-state index contributed by atoms with van der Waals surface area (Å²) in [5.74, 6) is 0. The predicted molar refractivity (Wildman–Crippen MR) is 107 cm³/mol. The first-order valence-corrected chi connectivity index (χ1v) is 10.8. The van der Waals surface area contributed by atoms with Gasteiger partial charge in [0.05, 0.1) is 21.9 Å². The van der Waals surface area contributed by atoms with E-state index in [0.717, 1.165) is 28.2 Å². The Morgan fingerprint density at radius 3 is 2.67 bits per heavy atom.